The van der Waals surface area contributed by atoms with Crippen LogP contribution in [0.15, 0.2) is 60.9 Å². The number of para-hydroxylation sites is 1. The SMILES string of the molecule is OCCN(C(=S)Nc1ccc2nccnc2c1)c1ccccc1. The lowest BCUT2D eigenvalue weighted by Crippen LogP contribution is -2.36. The first kappa shape index (κ1) is 15.3. The smallest absolute Gasteiger partial charge is 0.178 e. The van der Waals surface area contributed by atoms with Crippen molar-refractivity contribution in [2.75, 3.05) is 23.4 Å². The van der Waals surface area contributed by atoms with E-state index in [0.29, 0.717) is 11.7 Å². The number of nitrogens with zero attached hydrogens (tertiary/aromatic N) is 3. The van der Waals surface area contributed by atoms with Crippen molar-refractivity contribution in [2.24, 2.45) is 0 Å². The van der Waals surface area contributed by atoms with E-state index in [1.54, 1.807) is 12.4 Å². The topological polar surface area (TPSA) is 61.3 Å². The van der Waals surface area contributed by atoms with Gasteiger partial charge >= 0.3 is 0 Å². The number of fused-ring (bicyclic) bond motifs is 1. The maximum absolute atomic E-state index is 9.31. The Bertz CT molecular complexity index is 810. The Morgan fingerprint density at radius 1 is 1.04 bits per heavy atom. The molecule has 0 saturated carbocycles. The molecule has 0 aliphatic rings. The van der Waals surface area contributed by atoms with Gasteiger partial charge in [-0.2, -0.15) is 0 Å². The summed E-state index contributed by atoms with van der Waals surface area (Å²) in [4.78, 5) is 10.4. The fraction of sp³-hybridized carbons (Fsp3) is 0.118. The van der Waals surface area contributed by atoms with E-state index in [9.17, 15) is 5.11 Å². The number of hydrogen-bond donors (Lipinski definition) is 2. The first-order valence-electron chi connectivity index (χ1n) is 7.23. The molecule has 0 amide bonds. The molecule has 0 aliphatic carbocycles. The molecular formula is C17H16N4OS. The molecule has 0 bridgehead atoms. The quantitative estimate of drug-likeness (QED) is 0.720. The Morgan fingerprint density at radius 2 is 1.78 bits per heavy atom. The van der Waals surface area contributed by atoms with Crippen molar-refractivity contribution in [3.05, 3.63) is 60.9 Å². The highest BCUT2D eigenvalue weighted by Crippen LogP contribution is 2.18. The minimum atomic E-state index is 0.0138. The van der Waals surface area contributed by atoms with Gasteiger partial charge in [0, 0.05) is 30.3 Å². The minimum absolute atomic E-state index is 0.0138. The van der Waals surface area contributed by atoms with Crippen LogP contribution in [0.3, 0.4) is 0 Å². The van der Waals surface area contributed by atoms with E-state index in [1.165, 1.54) is 0 Å². The Kier molecular flexibility index (Phi) is 4.75. The molecule has 0 aliphatic heterocycles. The molecule has 0 fully saturated rings. The second-order valence-corrected chi connectivity index (χ2v) is 5.29. The van der Waals surface area contributed by atoms with E-state index in [0.717, 1.165) is 22.4 Å². The van der Waals surface area contributed by atoms with Gasteiger partial charge in [-0.05, 0) is 42.5 Å². The highest BCUT2D eigenvalue weighted by atomic mass is 32.1. The second kappa shape index (κ2) is 7.13. The molecule has 23 heavy (non-hydrogen) atoms. The lowest BCUT2D eigenvalue weighted by molar-refractivity contribution is 0.306. The predicted molar refractivity (Wildman–Crippen MR) is 96.6 cm³/mol. The fourth-order valence-corrected chi connectivity index (χ4v) is 2.60. The molecule has 0 radical (unpaired) electrons. The van der Waals surface area contributed by atoms with Crippen LogP contribution >= 0.6 is 12.2 Å². The van der Waals surface area contributed by atoms with Gasteiger partial charge in [0.15, 0.2) is 5.11 Å². The van der Waals surface area contributed by atoms with Crippen LogP contribution in [0.2, 0.25) is 0 Å². The molecule has 0 spiro atoms. The lowest BCUT2D eigenvalue weighted by atomic mass is 10.2. The molecule has 0 unspecified atom stereocenters. The monoisotopic (exact) mass is 324 g/mol. The van der Waals surface area contributed by atoms with Crippen LogP contribution in [-0.2, 0) is 0 Å². The van der Waals surface area contributed by atoms with E-state index < -0.39 is 0 Å². The molecule has 3 rings (SSSR count). The summed E-state index contributed by atoms with van der Waals surface area (Å²) in [6.07, 6.45) is 3.32. The lowest BCUT2D eigenvalue weighted by Gasteiger charge is -2.25. The molecule has 1 aromatic heterocycles. The summed E-state index contributed by atoms with van der Waals surface area (Å²) in [5.74, 6) is 0. The van der Waals surface area contributed by atoms with Gasteiger partial charge in [0.2, 0.25) is 0 Å². The van der Waals surface area contributed by atoms with Crippen LogP contribution in [0.25, 0.3) is 11.0 Å². The molecule has 2 aromatic carbocycles. The number of hydrogen-bond acceptors (Lipinski definition) is 4. The zero-order chi connectivity index (χ0) is 16.1. The van der Waals surface area contributed by atoms with Crippen LogP contribution in [-0.4, -0.2) is 33.3 Å². The summed E-state index contributed by atoms with van der Waals surface area (Å²) in [6.45, 7) is 0.434. The van der Waals surface area contributed by atoms with Gasteiger partial charge in [0.05, 0.1) is 17.6 Å². The first-order valence-corrected chi connectivity index (χ1v) is 7.64. The highest BCUT2D eigenvalue weighted by molar-refractivity contribution is 7.80. The predicted octanol–water partition coefficient (Wildman–Crippen LogP) is 2.83. The minimum Gasteiger partial charge on any atom is -0.395 e. The third kappa shape index (κ3) is 3.61. The van der Waals surface area contributed by atoms with Crippen molar-refractivity contribution in [2.45, 2.75) is 0 Å². The molecule has 0 saturated heterocycles. The van der Waals surface area contributed by atoms with Gasteiger partial charge in [0.1, 0.15) is 0 Å². The van der Waals surface area contributed by atoms with E-state index in [1.807, 2.05) is 53.4 Å². The van der Waals surface area contributed by atoms with Crippen molar-refractivity contribution in [1.29, 1.82) is 0 Å². The third-order valence-electron chi connectivity index (χ3n) is 3.36. The van der Waals surface area contributed by atoms with Gasteiger partial charge in [-0.25, -0.2) is 0 Å². The maximum atomic E-state index is 9.31. The molecule has 6 heteroatoms. The largest absolute Gasteiger partial charge is 0.395 e. The summed E-state index contributed by atoms with van der Waals surface area (Å²) < 4.78 is 0. The molecule has 2 N–H and O–H groups in total. The molecular weight excluding hydrogens is 308 g/mol. The summed E-state index contributed by atoms with van der Waals surface area (Å²) in [6, 6.07) is 15.4. The van der Waals surface area contributed by atoms with E-state index in [-0.39, 0.29) is 6.61 Å². The summed E-state index contributed by atoms with van der Waals surface area (Å²) >= 11 is 5.50. The molecule has 1 heterocycles. The van der Waals surface area contributed by atoms with Crippen LogP contribution in [0.5, 0.6) is 0 Å². The Balaban J connectivity index is 1.82. The van der Waals surface area contributed by atoms with Gasteiger partial charge in [-0.1, -0.05) is 18.2 Å². The van der Waals surface area contributed by atoms with E-state index in [2.05, 4.69) is 15.3 Å². The van der Waals surface area contributed by atoms with Crippen LogP contribution in [0, 0.1) is 0 Å². The van der Waals surface area contributed by atoms with Crippen molar-refractivity contribution in [3.63, 3.8) is 0 Å². The fourth-order valence-electron chi connectivity index (χ4n) is 2.29. The molecule has 3 aromatic rings. The van der Waals surface area contributed by atoms with Crippen LogP contribution < -0.4 is 10.2 Å². The number of rotatable bonds is 4. The van der Waals surface area contributed by atoms with Crippen LogP contribution in [0.4, 0.5) is 11.4 Å². The summed E-state index contributed by atoms with van der Waals surface area (Å²) in [5.41, 5.74) is 3.40. The number of aromatic nitrogens is 2. The summed E-state index contributed by atoms with van der Waals surface area (Å²) in [7, 11) is 0. The van der Waals surface area contributed by atoms with Gasteiger partial charge in [-0.15, -0.1) is 0 Å². The molecule has 116 valence electrons. The average Bonchev–Trinajstić information content (AvgIpc) is 2.60. The second-order valence-electron chi connectivity index (χ2n) is 4.90. The Labute approximate surface area is 139 Å². The number of nitrogens with one attached hydrogen (secondary N) is 1. The number of anilines is 2. The van der Waals surface area contributed by atoms with Crippen molar-refractivity contribution >= 4 is 39.7 Å². The number of aliphatic hydroxyl groups excluding tert-OH is 1. The van der Waals surface area contributed by atoms with Crippen molar-refractivity contribution in [1.82, 2.24) is 9.97 Å². The van der Waals surface area contributed by atoms with Crippen LogP contribution in [0.1, 0.15) is 0 Å². The van der Waals surface area contributed by atoms with Crippen molar-refractivity contribution in [3.8, 4) is 0 Å². The Morgan fingerprint density at radius 3 is 2.52 bits per heavy atom. The number of aliphatic hydroxyl groups is 1. The standard InChI is InChI=1S/C17H16N4OS/c22-11-10-21(14-4-2-1-3-5-14)17(23)20-13-6-7-15-16(12-13)19-9-8-18-15/h1-9,12,22H,10-11H2,(H,20,23). The van der Waals surface area contributed by atoms with E-state index in [4.69, 9.17) is 12.2 Å². The number of thiocarbonyl (C=S) groups is 1. The summed E-state index contributed by atoms with van der Waals surface area (Å²) in [5, 5.41) is 13.0. The zero-order valence-electron chi connectivity index (χ0n) is 12.4. The van der Waals surface area contributed by atoms with Gasteiger partial charge in [0.25, 0.3) is 0 Å². The van der Waals surface area contributed by atoms with Gasteiger partial charge in [-0.3, -0.25) is 9.97 Å². The zero-order valence-corrected chi connectivity index (χ0v) is 13.2. The average molecular weight is 324 g/mol. The first-order chi connectivity index (χ1) is 11.3. The molecule has 0 atom stereocenters. The van der Waals surface area contributed by atoms with Gasteiger partial charge < -0.3 is 15.3 Å². The van der Waals surface area contributed by atoms with E-state index >= 15 is 0 Å². The number of benzene rings is 2. The third-order valence-corrected chi connectivity index (χ3v) is 3.68. The normalized spacial score (nSPS) is 10.5. The van der Waals surface area contributed by atoms with Crippen molar-refractivity contribution < 1.29 is 5.11 Å². The molecule has 5 nitrogen and oxygen atoms in total. The highest BCUT2D eigenvalue weighted by Gasteiger charge is 2.11. The Hall–Kier alpha value is -2.57. The maximum Gasteiger partial charge on any atom is 0.178 e.